The van der Waals surface area contributed by atoms with Crippen molar-refractivity contribution in [1.82, 2.24) is 0 Å². The van der Waals surface area contributed by atoms with Gasteiger partial charge in [0.05, 0.1) is 26.4 Å². The quantitative estimate of drug-likeness (QED) is 0.796. The zero-order chi connectivity index (χ0) is 18.5. The Morgan fingerprint density at radius 2 is 1.76 bits per heavy atom. The first-order valence-electron chi connectivity index (χ1n) is 7.49. The van der Waals surface area contributed by atoms with Gasteiger partial charge in [0.2, 0.25) is 0 Å². The van der Waals surface area contributed by atoms with Gasteiger partial charge in [0.25, 0.3) is 5.91 Å². The molecule has 0 radical (unpaired) electrons. The van der Waals surface area contributed by atoms with Crippen LogP contribution in [0.5, 0.6) is 11.5 Å². The van der Waals surface area contributed by atoms with Gasteiger partial charge >= 0.3 is 0 Å². The molecule has 1 aliphatic carbocycles. The van der Waals surface area contributed by atoms with Gasteiger partial charge in [0.1, 0.15) is 22.7 Å². The standard InChI is InChI=1S/C17H18N4O4/c1-22-10-5-6-11(12(7-10)23-2)13-15(8-18)14(20)21-17(24-3,25-4)16(13,15)9-19/h5-7,13H,1-4H3,(H2,20,21)/t13-,15+,16+/m0/s1. The smallest absolute Gasteiger partial charge is 0.292 e. The molecule has 1 aromatic rings. The molecule has 1 heterocycles. The van der Waals surface area contributed by atoms with Crippen LogP contribution >= 0.6 is 0 Å². The SMILES string of the molecule is COc1ccc([C@H]2[C@]3(C#N)C(N)=NC(OC)(OC)[C@]23C#N)c(OC)c1. The second-order valence-electron chi connectivity index (χ2n) is 5.87. The summed E-state index contributed by atoms with van der Waals surface area (Å²) in [4.78, 5) is 4.18. The summed E-state index contributed by atoms with van der Waals surface area (Å²) in [5.74, 6) is -1.18. The van der Waals surface area contributed by atoms with E-state index in [4.69, 9.17) is 24.7 Å². The van der Waals surface area contributed by atoms with Crippen molar-refractivity contribution in [3.63, 3.8) is 0 Å². The van der Waals surface area contributed by atoms with Crippen LogP contribution in [0.4, 0.5) is 0 Å². The van der Waals surface area contributed by atoms with Crippen LogP contribution in [0.1, 0.15) is 11.5 Å². The largest absolute Gasteiger partial charge is 0.497 e. The van der Waals surface area contributed by atoms with Gasteiger partial charge < -0.3 is 24.7 Å². The first-order chi connectivity index (χ1) is 12.0. The van der Waals surface area contributed by atoms with Crippen molar-refractivity contribution in [2.45, 2.75) is 11.8 Å². The lowest BCUT2D eigenvalue weighted by atomic mass is 9.93. The number of nitriles is 2. The van der Waals surface area contributed by atoms with Crippen LogP contribution in [0.15, 0.2) is 23.2 Å². The molecule has 2 aliphatic rings. The molecule has 0 saturated heterocycles. The Morgan fingerprint density at radius 1 is 1.08 bits per heavy atom. The predicted molar refractivity (Wildman–Crippen MR) is 86.8 cm³/mol. The van der Waals surface area contributed by atoms with Gasteiger partial charge in [0.15, 0.2) is 5.41 Å². The van der Waals surface area contributed by atoms with Gasteiger partial charge in [-0.1, -0.05) is 6.07 Å². The van der Waals surface area contributed by atoms with Crippen molar-refractivity contribution >= 4 is 5.84 Å². The first-order valence-corrected chi connectivity index (χ1v) is 7.49. The molecule has 1 aliphatic heterocycles. The summed E-state index contributed by atoms with van der Waals surface area (Å²) in [6.45, 7) is 0. The van der Waals surface area contributed by atoms with E-state index in [1.807, 2.05) is 0 Å². The van der Waals surface area contributed by atoms with Gasteiger partial charge in [-0.05, 0) is 6.07 Å². The van der Waals surface area contributed by atoms with Crippen molar-refractivity contribution in [2.75, 3.05) is 28.4 Å². The fourth-order valence-electron chi connectivity index (χ4n) is 4.04. The Kier molecular flexibility index (Phi) is 3.64. The average molecular weight is 342 g/mol. The molecule has 0 spiro atoms. The lowest BCUT2D eigenvalue weighted by Crippen LogP contribution is -2.41. The van der Waals surface area contributed by atoms with Crippen LogP contribution in [0.3, 0.4) is 0 Å². The van der Waals surface area contributed by atoms with Crippen LogP contribution in [0, 0.1) is 33.5 Å². The fraction of sp³-hybridized carbons (Fsp3) is 0.471. The summed E-state index contributed by atoms with van der Waals surface area (Å²) in [5, 5.41) is 19.9. The molecule has 0 aromatic heterocycles. The number of methoxy groups -OCH3 is 4. The van der Waals surface area contributed by atoms with Crippen LogP contribution in [-0.2, 0) is 9.47 Å². The highest BCUT2D eigenvalue weighted by molar-refractivity contribution is 6.00. The van der Waals surface area contributed by atoms with E-state index in [0.717, 1.165) is 0 Å². The number of hydrogen-bond donors (Lipinski definition) is 1. The highest BCUT2D eigenvalue weighted by Gasteiger charge is 2.93. The molecule has 1 aromatic carbocycles. The van der Waals surface area contributed by atoms with Gasteiger partial charge in [-0.25, -0.2) is 4.99 Å². The van der Waals surface area contributed by atoms with E-state index in [1.54, 1.807) is 25.3 Å². The van der Waals surface area contributed by atoms with Crippen LogP contribution in [-0.4, -0.2) is 40.2 Å². The highest BCUT2D eigenvalue weighted by Crippen LogP contribution is 2.82. The summed E-state index contributed by atoms with van der Waals surface area (Å²) in [7, 11) is 5.78. The molecule has 3 rings (SSSR count). The average Bonchev–Trinajstić information content (AvgIpc) is 3.22. The molecule has 1 fully saturated rings. The highest BCUT2D eigenvalue weighted by atomic mass is 16.7. The zero-order valence-electron chi connectivity index (χ0n) is 14.4. The minimum atomic E-state index is -1.66. The first kappa shape index (κ1) is 17.0. The third kappa shape index (κ3) is 1.63. The van der Waals surface area contributed by atoms with E-state index in [0.29, 0.717) is 17.1 Å². The summed E-state index contributed by atoms with van der Waals surface area (Å²) in [5.41, 5.74) is 3.96. The molecule has 0 bridgehead atoms. The Bertz CT molecular complexity index is 836. The Morgan fingerprint density at radius 3 is 2.24 bits per heavy atom. The van der Waals surface area contributed by atoms with Gasteiger partial charge in [-0.15, -0.1) is 0 Å². The van der Waals surface area contributed by atoms with Crippen molar-refractivity contribution < 1.29 is 18.9 Å². The fourth-order valence-corrected chi connectivity index (χ4v) is 4.04. The van der Waals surface area contributed by atoms with Gasteiger partial charge in [0, 0.05) is 31.8 Å². The lowest BCUT2D eigenvalue weighted by molar-refractivity contribution is -0.230. The van der Waals surface area contributed by atoms with Crippen molar-refractivity contribution in [2.24, 2.45) is 21.6 Å². The van der Waals surface area contributed by atoms with Crippen molar-refractivity contribution in [3.8, 4) is 23.6 Å². The van der Waals surface area contributed by atoms with Gasteiger partial charge in [-0.3, -0.25) is 0 Å². The molecule has 25 heavy (non-hydrogen) atoms. The Labute approximate surface area is 145 Å². The molecule has 1 saturated carbocycles. The molecule has 8 nitrogen and oxygen atoms in total. The summed E-state index contributed by atoms with van der Waals surface area (Å²) >= 11 is 0. The van der Waals surface area contributed by atoms with E-state index < -0.39 is 22.7 Å². The number of aliphatic imine (C=N–C) groups is 1. The predicted octanol–water partition coefficient (Wildman–Crippen LogP) is 1.14. The number of hydrogen-bond acceptors (Lipinski definition) is 8. The molecule has 130 valence electrons. The van der Waals surface area contributed by atoms with Crippen LogP contribution < -0.4 is 15.2 Å². The summed E-state index contributed by atoms with van der Waals surface area (Å²) in [6, 6.07) is 9.56. The van der Waals surface area contributed by atoms with E-state index in [-0.39, 0.29) is 5.84 Å². The molecule has 8 heteroatoms. The number of ether oxygens (including phenoxy) is 4. The Balaban J connectivity index is 2.25. The number of fused-ring (bicyclic) bond motifs is 1. The maximum absolute atomic E-state index is 10.0. The number of amidine groups is 1. The maximum atomic E-state index is 10.0. The minimum absolute atomic E-state index is 0.0168. The topological polar surface area (TPSA) is 123 Å². The third-order valence-electron chi connectivity index (χ3n) is 5.23. The van der Waals surface area contributed by atoms with E-state index >= 15 is 0 Å². The lowest BCUT2D eigenvalue weighted by Gasteiger charge is -2.29. The second-order valence-corrected chi connectivity index (χ2v) is 5.87. The summed E-state index contributed by atoms with van der Waals surface area (Å²) in [6.07, 6.45) is 0. The van der Waals surface area contributed by atoms with Crippen LogP contribution in [0.2, 0.25) is 0 Å². The van der Waals surface area contributed by atoms with E-state index in [2.05, 4.69) is 17.1 Å². The molecule has 3 atom stereocenters. The molecular formula is C17H18N4O4. The van der Waals surface area contributed by atoms with E-state index in [9.17, 15) is 10.5 Å². The van der Waals surface area contributed by atoms with Gasteiger partial charge in [-0.2, -0.15) is 10.5 Å². The number of rotatable bonds is 5. The second kappa shape index (κ2) is 5.35. The summed E-state index contributed by atoms with van der Waals surface area (Å²) < 4.78 is 21.5. The van der Waals surface area contributed by atoms with Crippen molar-refractivity contribution in [3.05, 3.63) is 23.8 Å². The number of benzene rings is 1. The molecule has 2 N–H and O–H groups in total. The van der Waals surface area contributed by atoms with Crippen molar-refractivity contribution in [1.29, 1.82) is 10.5 Å². The monoisotopic (exact) mass is 342 g/mol. The third-order valence-corrected chi connectivity index (χ3v) is 5.23. The normalized spacial score (nSPS) is 31.3. The van der Waals surface area contributed by atoms with E-state index in [1.165, 1.54) is 21.3 Å². The molecular weight excluding hydrogens is 324 g/mol. The Hall–Kier alpha value is -2.81. The number of nitrogens with zero attached hydrogens (tertiary/aromatic N) is 3. The molecule has 0 amide bonds. The zero-order valence-corrected chi connectivity index (χ0v) is 14.4. The van der Waals surface area contributed by atoms with Crippen LogP contribution in [0.25, 0.3) is 0 Å². The minimum Gasteiger partial charge on any atom is -0.497 e. The molecule has 0 unspecified atom stereocenters. The number of nitrogens with two attached hydrogens (primary N) is 1. The maximum Gasteiger partial charge on any atom is 0.292 e.